The van der Waals surface area contributed by atoms with Crippen LogP contribution in [0.3, 0.4) is 0 Å². The third-order valence-corrected chi connectivity index (χ3v) is 3.87. The van der Waals surface area contributed by atoms with E-state index in [1.807, 2.05) is 30.3 Å². The maximum atomic E-state index is 11.4. The van der Waals surface area contributed by atoms with E-state index in [1.54, 1.807) is 0 Å². The Labute approximate surface area is 152 Å². The summed E-state index contributed by atoms with van der Waals surface area (Å²) in [6.07, 6.45) is 5.21. The fourth-order valence-corrected chi connectivity index (χ4v) is 2.68. The van der Waals surface area contributed by atoms with E-state index in [4.69, 9.17) is 4.74 Å². The number of rotatable bonds is 9. The summed E-state index contributed by atoms with van der Waals surface area (Å²) in [6, 6.07) is 9.66. The Bertz CT molecular complexity index is 471. The molecule has 1 N–H and O–H groups in total. The first-order valence-electron chi connectivity index (χ1n) is 7.69. The van der Waals surface area contributed by atoms with Crippen molar-refractivity contribution in [3.8, 4) is 0 Å². The van der Waals surface area contributed by atoms with Gasteiger partial charge in [0.15, 0.2) is 0 Å². The van der Waals surface area contributed by atoms with Crippen LogP contribution >= 0.6 is 0 Å². The Hall–Kier alpha value is -1.19. The molecule has 0 spiro atoms. The van der Waals surface area contributed by atoms with Gasteiger partial charge in [-0.15, -0.1) is 0 Å². The SMILES string of the molecule is CCCC(CC)CCC(=C(OC)C(=O)O)c1ccccc1.[O-2].[Zn+2]. The van der Waals surface area contributed by atoms with Crippen LogP contribution in [0.5, 0.6) is 0 Å². The molecular formula is C18H26O4Zn. The molecule has 0 saturated carbocycles. The van der Waals surface area contributed by atoms with Crippen molar-refractivity contribution in [1.82, 2.24) is 0 Å². The van der Waals surface area contributed by atoms with Gasteiger partial charge in [0.25, 0.3) is 0 Å². The van der Waals surface area contributed by atoms with Crippen LogP contribution in [0.15, 0.2) is 36.1 Å². The quantitative estimate of drug-likeness (QED) is 0.391. The largest absolute Gasteiger partial charge is 2.00 e. The standard InChI is InChI=1S/C18H26O3.O.Zn/c1-4-9-14(5-2)12-13-16(17(21-3)18(19)20)15-10-7-6-8-11-15;;/h6-8,10-11,14H,4-5,9,12-13H2,1-3H3,(H,19,20);;/q;-2;+2. The first kappa shape index (κ1) is 24.1. The zero-order valence-corrected chi connectivity index (χ0v) is 17.3. The predicted octanol–water partition coefficient (Wildman–Crippen LogP) is 4.61. The van der Waals surface area contributed by atoms with Crippen LogP contribution in [0, 0.1) is 5.92 Å². The zero-order valence-electron chi connectivity index (χ0n) is 14.4. The van der Waals surface area contributed by atoms with E-state index in [-0.39, 0.29) is 30.7 Å². The molecule has 1 aromatic carbocycles. The van der Waals surface area contributed by atoms with Gasteiger partial charge in [0.2, 0.25) is 5.76 Å². The molecule has 0 aliphatic rings. The minimum absolute atomic E-state index is 0. The molecule has 0 bridgehead atoms. The molecule has 1 aromatic rings. The minimum Gasteiger partial charge on any atom is -2.00 e. The number of carboxylic acid groups (broad SMARTS) is 1. The molecule has 4 nitrogen and oxygen atoms in total. The molecule has 0 fully saturated rings. The van der Waals surface area contributed by atoms with Crippen molar-refractivity contribution in [2.45, 2.75) is 46.0 Å². The van der Waals surface area contributed by atoms with Gasteiger partial charge < -0.3 is 15.3 Å². The van der Waals surface area contributed by atoms with Crippen LogP contribution in [0.4, 0.5) is 0 Å². The summed E-state index contributed by atoms with van der Waals surface area (Å²) in [5.74, 6) is -0.298. The second-order valence-electron chi connectivity index (χ2n) is 5.28. The van der Waals surface area contributed by atoms with Crippen LogP contribution < -0.4 is 0 Å². The van der Waals surface area contributed by atoms with E-state index in [2.05, 4.69) is 13.8 Å². The van der Waals surface area contributed by atoms with E-state index < -0.39 is 5.97 Å². The van der Waals surface area contributed by atoms with Crippen molar-refractivity contribution < 1.29 is 39.6 Å². The number of carbonyl (C=O) groups is 1. The molecule has 0 aliphatic heterocycles. The Morgan fingerprint density at radius 3 is 2.22 bits per heavy atom. The van der Waals surface area contributed by atoms with Crippen molar-refractivity contribution in [3.63, 3.8) is 0 Å². The predicted molar refractivity (Wildman–Crippen MR) is 86.6 cm³/mol. The van der Waals surface area contributed by atoms with E-state index >= 15 is 0 Å². The number of benzene rings is 1. The molecule has 124 valence electrons. The zero-order chi connectivity index (χ0) is 15.7. The number of hydrogen-bond acceptors (Lipinski definition) is 2. The Kier molecular flexibility index (Phi) is 13.9. The summed E-state index contributed by atoms with van der Waals surface area (Å²) < 4.78 is 5.13. The van der Waals surface area contributed by atoms with Gasteiger partial charge in [0.1, 0.15) is 0 Å². The van der Waals surface area contributed by atoms with Crippen LogP contribution in [-0.2, 0) is 34.5 Å². The number of methoxy groups -OCH3 is 1. The molecular weight excluding hydrogens is 346 g/mol. The Morgan fingerprint density at radius 1 is 1.17 bits per heavy atom. The van der Waals surface area contributed by atoms with Gasteiger partial charge >= 0.3 is 25.4 Å². The minimum atomic E-state index is -1.00. The molecule has 1 atom stereocenters. The number of hydrogen-bond donors (Lipinski definition) is 1. The van der Waals surface area contributed by atoms with E-state index in [9.17, 15) is 9.90 Å². The summed E-state index contributed by atoms with van der Waals surface area (Å²) in [7, 11) is 1.43. The molecule has 23 heavy (non-hydrogen) atoms. The molecule has 0 saturated heterocycles. The first-order valence-corrected chi connectivity index (χ1v) is 7.69. The van der Waals surface area contributed by atoms with Gasteiger partial charge in [-0.1, -0.05) is 63.4 Å². The second kappa shape index (κ2) is 13.3. The average Bonchev–Trinajstić information content (AvgIpc) is 2.50. The van der Waals surface area contributed by atoms with E-state index in [0.717, 1.165) is 30.4 Å². The van der Waals surface area contributed by atoms with Gasteiger partial charge in [-0.3, -0.25) is 0 Å². The average molecular weight is 372 g/mol. The summed E-state index contributed by atoms with van der Waals surface area (Å²) in [5, 5.41) is 9.35. The third-order valence-electron chi connectivity index (χ3n) is 3.87. The van der Waals surface area contributed by atoms with Crippen LogP contribution in [0.1, 0.15) is 51.5 Å². The number of allylic oxidation sites excluding steroid dienone is 1. The van der Waals surface area contributed by atoms with Crippen molar-refractivity contribution in [1.29, 1.82) is 0 Å². The van der Waals surface area contributed by atoms with Gasteiger partial charge in [0.05, 0.1) is 7.11 Å². The smallest absolute Gasteiger partial charge is 2.00 e. The maximum Gasteiger partial charge on any atom is 2.00 e. The number of aliphatic carboxylic acids is 1. The molecule has 0 amide bonds. The summed E-state index contributed by atoms with van der Waals surface area (Å²) in [4.78, 5) is 11.4. The molecule has 0 aromatic heterocycles. The van der Waals surface area contributed by atoms with Crippen LogP contribution in [0.25, 0.3) is 5.57 Å². The van der Waals surface area contributed by atoms with Crippen molar-refractivity contribution >= 4 is 11.5 Å². The monoisotopic (exact) mass is 370 g/mol. The topological polar surface area (TPSA) is 75.0 Å². The van der Waals surface area contributed by atoms with Gasteiger partial charge in [-0.25, -0.2) is 4.79 Å². The van der Waals surface area contributed by atoms with Gasteiger partial charge in [-0.2, -0.15) is 0 Å². The summed E-state index contributed by atoms with van der Waals surface area (Å²) in [5.41, 5.74) is 1.73. The maximum absolute atomic E-state index is 11.4. The van der Waals surface area contributed by atoms with E-state index in [1.165, 1.54) is 20.0 Å². The normalized spacial score (nSPS) is 12.3. The molecule has 0 radical (unpaired) electrons. The molecule has 5 heteroatoms. The first-order chi connectivity index (χ1) is 10.1. The van der Waals surface area contributed by atoms with Crippen LogP contribution in [0.2, 0.25) is 0 Å². The number of ether oxygens (including phenoxy) is 1. The molecule has 1 rings (SSSR count). The Morgan fingerprint density at radius 2 is 1.78 bits per heavy atom. The third kappa shape index (κ3) is 7.76. The fourth-order valence-electron chi connectivity index (χ4n) is 2.68. The van der Waals surface area contributed by atoms with Crippen molar-refractivity contribution in [2.24, 2.45) is 5.92 Å². The van der Waals surface area contributed by atoms with Crippen LogP contribution in [-0.4, -0.2) is 18.2 Å². The molecule has 0 aliphatic carbocycles. The number of carboxylic acids is 1. The fraction of sp³-hybridized carbons (Fsp3) is 0.500. The van der Waals surface area contributed by atoms with Gasteiger partial charge in [-0.05, 0) is 24.3 Å². The summed E-state index contributed by atoms with van der Waals surface area (Å²) >= 11 is 0. The molecule has 0 heterocycles. The van der Waals surface area contributed by atoms with Crippen molar-refractivity contribution in [3.05, 3.63) is 41.7 Å². The van der Waals surface area contributed by atoms with Gasteiger partial charge in [0, 0.05) is 5.57 Å². The second-order valence-corrected chi connectivity index (χ2v) is 5.28. The molecule has 1 unspecified atom stereocenters. The van der Waals surface area contributed by atoms with Crippen molar-refractivity contribution in [2.75, 3.05) is 7.11 Å². The summed E-state index contributed by atoms with van der Waals surface area (Å²) in [6.45, 7) is 4.38. The Balaban J connectivity index is 0. The van der Waals surface area contributed by atoms with E-state index in [0.29, 0.717) is 5.92 Å².